The number of rotatable bonds is 2. The SMILES string of the molecule is CSc1cc(N)cc(-c2ccccc2N)c1. The molecule has 0 unspecified atom stereocenters. The molecule has 0 fully saturated rings. The standard InChI is InChI=1S/C13H14N2S/c1-16-11-7-9(6-10(14)8-11)12-4-2-3-5-13(12)15/h2-8H,14-15H2,1H3. The van der Waals surface area contributed by atoms with Crippen molar-refractivity contribution in [3.63, 3.8) is 0 Å². The van der Waals surface area contributed by atoms with Crippen molar-refractivity contribution in [1.29, 1.82) is 0 Å². The van der Waals surface area contributed by atoms with Crippen LogP contribution in [0.25, 0.3) is 11.1 Å². The largest absolute Gasteiger partial charge is 0.399 e. The molecule has 2 aromatic carbocycles. The van der Waals surface area contributed by atoms with Crippen molar-refractivity contribution in [1.82, 2.24) is 0 Å². The van der Waals surface area contributed by atoms with E-state index in [9.17, 15) is 0 Å². The molecule has 2 nitrogen and oxygen atoms in total. The Labute approximate surface area is 99.7 Å². The topological polar surface area (TPSA) is 52.0 Å². The molecule has 0 saturated heterocycles. The van der Waals surface area contributed by atoms with E-state index in [0.29, 0.717) is 0 Å². The average molecular weight is 230 g/mol. The summed E-state index contributed by atoms with van der Waals surface area (Å²) in [5.41, 5.74) is 15.5. The molecule has 0 radical (unpaired) electrons. The lowest BCUT2D eigenvalue weighted by Gasteiger charge is -2.08. The predicted molar refractivity (Wildman–Crippen MR) is 72.5 cm³/mol. The minimum Gasteiger partial charge on any atom is -0.399 e. The summed E-state index contributed by atoms with van der Waals surface area (Å²) in [5, 5.41) is 0. The van der Waals surface area contributed by atoms with E-state index in [-0.39, 0.29) is 0 Å². The summed E-state index contributed by atoms with van der Waals surface area (Å²) in [7, 11) is 0. The van der Waals surface area contributed by atoms with Gasteiger partial charge < -0.3 is 11.5 Å². The van der Waals surface area contributed by atoms with Crippen LogP contribution >= 0.6 is 11.8 Å². The zero-order valence-corrected chi connectivity index (χ0v) is 9.92. The quantitative estimate of drug-likeness (QED) is 0.615. The van der Waals surface area contributed by atoms with Gasteiger partial charge in [0.05, 0.1) is 0 Å². The minimum absolute atomic E-state index is 0.769. The molecule has 2 aromatic rings. The van der Waals surface area contributed by atoms with Gasteiger partial charge >= 0.3 is 0 Å². The van der Waals surface area contributed by atoms with E-state index in [2.05, 4.69) is 6.07 Å². The third-order valence-corrected chi connectivity index (χ3v) is 3.14. The molecule has 0 aromatic heterocycles. The van der Waals surface area contributed by atoms with Crippen LogP contribution in [0.3, 0.4) is 0 Å². The highest BCUT2D eigenvalue weighted by molar-refractivity contribution is 7.98. The van der Waals surface area contributed by atoms with Crippen LogP contribution < -0.4 is 11.5 Å². The van der Waals surface area contributed by atoms with E-state index >= 15 is 0 Å². The number of nitrogens with two attached hydrogens (primary N) is 2. The van der Waals surface area contributed by atoms with Crippen LogP contribution in [-0.4, -0.2) is 6.26 Å². The van der Waals surface area contributed by atoms with Crippen molar-refractivity contribution < 1.29 is 0 Å². The Bertz CT molecular complexity index is 509. The molecule has 82 valence electrons. The summed E-state index contributed by atoms with van der Waals surface area (Å²) >= 11 is 1.68. The summed E-state index contributed by atoms with van der Waals surface area (Å²) in [6, 6.07) is 13.8. The summed E-state index contributed by atoms with van der Waals surface area (Å²) < 4.78 is 0. The Balaban J connectivity index is 2.56. The van der Waals surface area contributed by atoms with Crippen LogP contribution in [0.5, 0.6) is 0 Å². The number of hydrogen-bond donors (Lipinski definition) is 2. The molecule has 4 N–H and O–H groups in total. The summed E-state index contributed by atoms with van der Waals surface area (Å²) in [6.07, 6.45) is 2.03. The van der Waals surface area contributed by atoms with Crippen molar-refractivity contribution in [3.05, 3.63) is 42.5 Å². The summed E-state index contributed by atoms with van der Waals surface area (Å²) in [4.78, 5) is 1.15. The fraction of sp³-hybridized carbons (Fsp3) is 0.0769. The lowest BCUT2D eigenvalue weighted by Crippen LogP contribution is -1.91. The highest BCUT2D eigenvalue weighted by Crippen LogP contribution is 2.30. The third kappa shape index (κ3) is 2.14. The van der Waals surface area contributed by atoms with Crippen LogP contribution in [-0.2, 0) is 0 Å². The van der Waals surface area contributed by atoms with Gasteiger partial charge in [0.1, 0.15) is 0 Å². The Hall–Kier alpha value is -1.61. The molecule has 0 aliphatic rings. The molecule has 0 amide bonds. The first kappa shape index (κ1) is 10.9. The maximum atomic E-state index is 5.95. The zero-order chi connectivity index (χ0) is 11.5. The van der Waals surface area contributed by atoms with E-state index in [1.165, 1.54) is 0 Å². The van der Waals surface area contributed by atoms with Gasteiger partial charge in [-0.15, -0.1) is 11.8 Å². The minimum atomic E-state index is 0.769. The molecule has 3 heteroatoms. The molecule has 0 atom stereocenters. The summed E-state index contributed by atoms with van der Waals surface area (Å²) in [5.74, 6) is 0. The molecule has 0 bridgehead atoms. The second-order valence-electron chi connectivity index (χ2n) is 3.58. The Morgan fingerprint density at radius 1 is 1.00 bits per heavy atom. The van der Waals surface area contributed by atoms with E-state index in [0.717, 1.165) is 27.4 Å². The van der Waals surface area contributed by atoms with Gasteiger partial charge in [0.15, 0.2) is 0 Å². The number of anilines is 2. The molecule has 0 spiro atoms. The first-order chi connectivity index (χ1) is 7.70. The number of benzene rings is 2. The molecule has 0 saturated carbocycles. The van der Waals surface area contributed by atoms with Gasteiger partial charge in [0.25, 0.3) is 0 Å². The summed E-state index contributed by atoms with van der Waals surface area (Å²) in [6.45, 7) is 0. The second kappa shape index (κ2) is 4.49. The third-order valence-electron chi connectivity index (χ3n) is 2.44. The van der Waals surface area contributed by atoms with E-state index in [1.807, 2.05) is 42.7 Å². The molecule has 2 rings (SSSR count). The Morgan fingerprint density at radius 3 is 2.44 bits per heavy atom. The molecule has 0 aliphatic carbocycles. The lowest BCUT2D eigenvalue weighted by atomic mass is 10.0. The average Bonchev–Trinajstić information content (AvgIpc) is 2.28. The van der Waals surface area contributed by atoms with Crippen molar-refractivity contribution in [2.24, 2.45) is 0 Å². The highest BCUT2D eigenvalue weighted by Gasteiger charge is 2.04. The van der Waals surface area contributed by atoms with Crippen LogP contribution in [0.15, 0.2) is 47.4 Å². The lowest BCUT2D eigenvalue weighted by molar-refractivity contribution is 1.46. The van der Waals surface area contributed by atoms with Gasteiger partial charge in [-0.1, -0.05) is 18.2 Å². The van der Waals surface area contributed by atoms with Gasteiger partial charge in [-0.05, 0) is 36.1 Å². The van der Waals surface area contributed by atoms with Crippen LogP contribution in [0, 0.1) is 0 Å². The highest BCUT2D eigenvalue weighted by atomic mass is 32.2. The van der Waals surface area contributed by atoms with Crippen molar-refractivity contribution >= 4 is 23.1 Å². The smallest absolute Gasteiger partial charge is 0.0393 e. The zero-order valence-electron chi connectivity index (χ0n) is 9.10. The fourth-order valence-corrected chi connectivity index (χ4v) is 2.15. The van der Waals surface area contributed by atoms with Crippen molar-refractivity contribution in [2.75, 3.05) is 17.7 Å². The first-order valence-corrected chi connectivity index (χ1v) is 6.22. The van der Waals surface area contributed by atoms with Crippen LogP contribution in [0.2, 0.25) is 0 Å². The van der Waals surface area contributed by atoms with Gasteiger partial charge in [-0.3, -0.25) is 0 Å². The molecular weight excluding hydrogens is 216 g/mol. The second-order valence-corrected chi connectivity index (χ2v) is 4.46. The van der Waals surface area contributed by atoms with Gasteiger partial charge in [0, 0.05) is 21.8 Å². The fourth-order valence-electron chi connectivity index (χ4n) is 1.66. The maximum Gasteiger partial charge on any atom is 0.0393 e. The van der Waals surface area contributed by atoms with E-state index in [4.69, 9.17) is 11.5 Å². The van der Waals surface area contributed by atoms with E-state index < -0.39 is 0 Å². The maximum absolute atomic E-state index is 5.95. The van der Waals surface area contributed by atoms with Crippen molar-refractivity contribution in [2.45, 2.75) is 4.90 Å². The number of para-hydroxylation sites is 1. The number of nitrogen functional groups attached to an aromatic ring is 2. The molecule has 16 heavy (non-hydrogen) atoms. The van der Waals surface area contributed by atoms with Gasteiger partial charge in [0.2, 0.25) is 0 Å². The molecular formula is C13H14N2S. The van der Waals surface area contributed by atoms with Crippen molar-refractivity contribution in [3.8, 4) is 11.1 Å². The Morgan fingerprint density at radius 2 is 1.75 bits per heavy atom. The number of thioether (sulfide) groups is 1. The predicted octanol–water partition coefficient (Wildman–Crippen LogP) is 3.24. The van der Waals surface area contributed by atoms with Crippen LogP contribution in [0.1, 0.15) is 0 Å². The molecule has 0 aliphatic heterocycles. The Kier molecular flexibility index (Phi) is 3.06. The normalized spacial score (nSPS) is 10.3. The van der Waals surface area contributed by atoms with Gasteiger partial charge in [-0.25, -0.2) is 0 Å². The first-order valence-electron chi connectivity index (χ1n) is 5.00. The monoisotopic (exact) mass is 230 g/mol. The molecule has 0 heterocycles. The van der Waals surface area contributed by atoms with Gasteiger partial charge in [-0.2, -0.15) is 0 Å². The number of hydrogen-bond acceptors (Lipinski definition) is 3. The van der Waals surface area contributed by atoms with Crippen LogP contribution in [0.4, 0.5) is 11.4 Å². The van der Waals surface area contributed by atoms with E-state index in [1.54, 1.807) is 11.8 Å².